The largest absolute Gasteiger partial charge is 0.467 e. The zero-order chi connectivity index (χ0) is 15.7. The number of sulfone groups is 1. The Hall–Kier alpha value is -2.05. The van der Waals surface area contributed by atoms with Gasteiger partial charge >= 0.3 is 0 Å². The Kier molecular flexibility index (Phi) is 3.80. The van der Waals surface area contributed by atoms with Crippen molar-refractivity contribution in [3.05, 3.63) is 53.1 Å². The molecule has 1 heterocycles. The number of hydrogen-bond acceptors (Lipinski definition) is 5. The minimum Gasteiger partial charge on any atom is -0.467 e. The lowest BCUT2D eigenvalue weighted by Crippen LogP contribution is -2.15. The minimum absolute atomic E-state index is 0.120. The van der Waals surface area contributed by atoms with Crippen LogP contribution in [0.1, 0.15) is 16.7 Å². The van der Waals surface area contributed by atoms with Gasteiger partial charge in [-0.25, -0.2) is 8.42 Å². The van der Waals surface area contributed by atoms with Crippen molar-refractivity contribution >= 4 is 15.5 Å². The lowest BCUT2D eigenvalue weighted by atomic mass is 10.1. The van der Waals surface area contributed by atoms with E-state index in [9.17, 15) is 8.42 Å². The van der Waals surface area contributed by atoms with Gasteiger partial charge in [0.15, 0.2) is 16.6 Å². The van der Waals surface area contributed by atoms with Crippen molar-refractivity contribution in [3.8, 4) is 5.75 Å². The molecule has 2 aromatic carbocycles. The zero-order valence-electron chi connectivity index (χ0n) is 12.2. The van der Waals surface area contributed by atoms with Crippen molar-refractivity contribution in [2.75, 3.05) is 12.5 Å². The fourth-order valence-corrected chi connectivity index (χ4v) is 3.81. The van der Waals surface area contributed by atoms with Crippen molar-refractivity contribution in [1.29, 1.82) is 0 Å². The Morgan fingerprint density at radius 1 is 1.18 bits per heavy atom. The summed E-state index contributed by atoms with van der Waals surface area (Å²) in [6.45, 7) is 2.41. The van der Waals surface area contributed by atoms with Crippen LogP contribution in [0, 0.1) is 6.92 Å². The van der Waals surface area contributed by atoms with Gasteiger partial charge in [-0.3, -0.25) is 0 Å². The third-order valence-electron chi connectivity index (χ3n) is 3.53. The number of hydrogen-bond donors (Lipinski definition) is 1. The first kappa shape index (κ1) is 14.9. The van der Waals surface area contributed by atoms with E-state index < -0.39 is 9.84 Å². The van der Waals surface area contributed by atoms with Crippen molar-refractivity contribution in [2.24, 2.45) is 0 Å². The summed E-state index contributed by atoms with van der Waals surface area (Å²) in [5, 5.41) is 0. The first-order chi connectivity index (χ1) is 10.5. The highest BCUT2D eigenvalue weighted by atomic mass is 32.2. The summed E-state index contributed by atoms with van der Waals surface area (Å²) < 4.78 is 35.8. The predicted octanol–water partition coefficient (Wildman–Crippen LogP) is 2.42. The summed E-state index contributed by atoms with van der Waals surface area (Å²) in [5.41, 5.74) is 8.72. The molecule has 0 atom stereocenters. The maximum atomic E-state index is 12.6. The van der Waals surface area contributed by atoms with Gasteiger partial charge in [0.2, 0.25) is 0 Å². The molecule has 0 aliphatic carbocycles. The molecular weight excluding hydrogens is 302 g/mol. The predicted molar refractivity (Wildman–Crippen MR) is 83.2 cm³/mol. The van der Waals surface area contributed by atoms with Gasteiger partial charge in [0.25, 0.3) is 0 Å². The van der Waals surface area contributed by atoms with Gasteiger partial charge in [-0.05, 0) is 31.2 Å². The first-order valence-corrected chi connectivity index (χ1v) is 8.52. The van der Waals surface area contributed by atoms with E-state index in [4.69, 9.17) is 15.2 Å². The highest BCUT2D eigenvalue weighted by molar-refractivity contribution is 7.90. The zero-order valence-corrected chi connectivity index (χ0v) is 13.0. The average Bonchev–Trinajstić information content (AvgIpc) is 2.47. The third kappa shape index (κ3) is 2.93. The second-order valence-corrected chi connectivity index (χ2v) is 7.34. The number of aryl methyl sites for hydroxylation is 1. The van der Waals surface area contributed by atoms with Crippen LogP contribution >= 0.6 is 0 Å². The van der Waals surface area contributed by atoms with Crippen LogP contribution in [-0.2, 0) is 26.9 Å². The monoisotopic (exact) mass is 319 g/mol. The van der Waals surface area contributed by atoms with Crippen molar-refractivity contribution in [3.63, 3.8) is 0 Å². The fourth-order valence-electron chi connectivity index (χ4n) is 2.47. The molecule has 0 saturated carbocycles. The summed E-state index contributed by atoms with van der Waals surface area (Å²) >= 11 is 0. The first-order valence-electron chi connectivity index (χ1n) is 6.87. The highest BCUT2D eigenvalue weighted by Gasteiger charge is 2.22. The molecule has 0 aromatic heterocycles. The Morgan fingerprint density at radius 2 is 1.91 bits per heavy atom. The second-order valence-electron chi connectivity index (χ2n) is 5.35. The molecule has 2 aromatic rings. The van der Waals surface area contributed by atoms with E-state index in [-0.39, 0.29) is 12.5 Å². The number of fused-ring (bicyclic) bond motifs is 1. The van der Waals surface area contributed by atoms with E-state index in [0.29, 0.717) is 28.5 Å². The summed E-state index contributed by atoms with van der Waals surface area (Å²) in [4.78, 5) is 0.293. The van der Waals surface area contributed by atoms with Gasteiger partial charge in [0.1, 0.15) is 5.75 Å². The van der Waals surface area contributed by atoms with Crippen LogP contribution in [0.4, 0.5) is 5.69 Å². The quantitative estimate of drug-likeness (QED) is 0.879. The molecular formula is C16H17NO4S. The molecule has 116 valence electrons. The number of ether oxygens (including phenoxy) is 2. The van der Waals surface area contributed by atoms with Crippen LogP contribution in [0.2, 0.25) is 0 Å². The van der Waals surface area contributed by atoms with E-state index in [2.05, 4.69) is 0 Å². The average molecular weight is 319 g/mol. The molecule has 0 amide bonds. The smallest absolute Gasteiger partial charge is 0.189 e. The number of nitrogen functional groups attached to an aromatic ring is 1. The van der Waals surface area contributed by atoms with E-state index >= 15 is 0 Å². The maximum Gasteiger partial charge on any atom is 0.189 e. The lowest BCUT2D eigenvalue weighted by molar-refractivity contribution is -0.0168. The van der Waals surface area contributed by atoms with Crippen LogP contribution in [0.3, 0.4) is 0 Å². The van der Waals surface area contributed by atoms with Crippen molar-refractivity contribution in [1.82, 2.24) is 0 Å². The highest BCUT2D eigenvalue weighted by Crippen LogP contribution is 2.33. The molecule has 2 N–H and O–H groups in total. The molecule has 3 rings (SSSR count). The van der Waals surface area contributed by atoms with Crippen molar-refractivity contribution in [2.45, 2.75) is 24.2 Å². The van der Waals surface area contributed by atoms with Crippen molar-refractivity contribution < 1.29 is 17.9 Å². The summed E-state index contributed by atoms with van der Waals surface area (Å²) in [6, 6.07) is 10.2. The van der Waals surface area contributed by atoms with Gasteiger partial charge in [0, 0.05) is 16.8 Å². The summed E-state index contributed by atoms with van der Waals surface area (Å²) in [6.07, 6.45) is 0. The molecule has 0 radical (unpaired) electrons. The Labute approximate surface area is 129 Å². The standard InChI is InChI=1S/C16H17NO4S/c1-11-2-4-15(5-3-11)22(18,19)9-13-7-14(17)6-12-8-20-10-21-16(12)13/h2-7H,8-10,17H2,1H3. The fraction of sp³-hybridized carbons (Fsp3) is 0.250. The second kappa shape index (κ2) is 5.62. The minimum atomic E-state index is -3.46. The Balaban J connectivity index is 1.99. The van der Waals surface area contributed by atoms with Crippen LogP contribution in [0.15, 0.2) is 41.3 Å². The third-order valence-corrected chi connectivity index (χ3v) is 5.22. The Bertz CT molecular complexity index is 798. The Morgan fingerprint density at radius 3 is 2.64 bits per heavy atom. The topological polar surface area (TPSA) is 78.6 Å². The van der Waals surface area contributed by atoms with Gasteiger partial charge in [0.05, 0.1) is 17.3 Å². The number of nitrogens with two attached hydrogens (primary N) is 1. The van der Waals surface area contributed by atoms with Gasteiger partial charge in [-0.2, -0.15) is 0 Å². The summed E-state index contributed by atoms with van der Waals surface area (Å²) in [5.74, 6) is 0.416. The van der Waals surface area contributed by atoms with Crippen LogP contribution in [0.5, 0.6) is 5.75 Å². The lowest BCUT2D eigenvalue weighted by Gasteiger charge is -2.21. The number of rotatable bonds is 3. The van der Waals surface area contributed by atoms with Gasteiger partial charge in [-0.15, -0.1) is 0 Å². The molecule has 22 heavy (non-hydrogen) atoms. The molecule has 0 fully saturated rings. The van der Waals surface area contributed by atoms with E-state index in [1.807, 2.05) is 6.92 Å². The maximum absolute atomic E-state index is 12.6. The van der Waals surface area contributed by atoms with Crippen LogP contribution < -0.4 is 10.5 Å². The van der Waals surface area contributed by atoms with E-state index in [1.165, 1.54) is 0 Å². The summed E-state index contributed by atoms with van der Waals surface area (Å²) in [7, 11) is -3.46. The van der Waals surface area contributed by atoms with Crippen LogP contribution in [-0.4, -0.2) is 15.2 Å². The normalized spacial score (nSPS) is 14.2. The molecule has 1 aliphatic rings. The molecule has 0 spiro atoms. The van der Waals surface area contributed by atoms with Gasteiger partial charge in [-0.1, -0.05) is 17.7 Å². The number of benzene rings is 2. The van der Waals surface area contributed by atoms with E-state index in [0.717, 1.165) is 11.1 Å². The number of anilines is 1. The molecule has 0 bridgehead atoms. The van der Waals surface area contributed by atoms with Gasteiger partial charge < -0.3 is 15.2 Å². The molecule has 6 heteroatoms. The molecule has 0 unspecified atom stereocenters. The van der Waals surface area contributed by atoms with E-state index in [1.54, 1.807) is 36.4 Å². The molecule has 0 saturated heterocycles. The van der Waals surface area contributed by atoms with Crippen LogP contribution in [0.25, 0.3) is 0 Å². The molecule has 1 aliphatic heterocycles. The SMILES string of the molecule is Cc1ccc(S(=O)(=O)Cc2cc(N)cc3c2OCOC3)cc1. The molecule has 5 nitrogen and oxygen atoms in total.